The lowest BCUT2D eigenvalue weighted by atomic mass is 9.89. The van der Waals surface area contributed by atoms with Crippen molar-refractivity contribution in [1.82, 2.24) is 0 Å². The third kappa shape index (κ3) is 2.58. The lowest BCUT2D eigenvalue weighted by Crippen LogP contribution is -1.95. The van der Waals surface area contributed by atoms with Gasteiger partial charge in [0.05, 0.1) is 6.07 Å². The summed E-state index contributed by atoms with van der Waals surface area (Å²) in [5.74, 6) is 0.414. The fourth-order valence-electron chi connectivity index (χ4n) is 1.34. The molecule has 1 atom stereocenters. The molecule has 68 valence electrons. The van der Waals surface area contributed by atoms with Crippen LogP contribution in [0.4, 0.5) is 4.39 Å². The van der Waals surface area contributed by atoms with Crippen LogP contribution in [0.25, 0.3) is 0 Å². The zero-order chi connectivity index (χ0) is 10.0. The highest BCUT2D eigenvalue weighted by Crippen LogP contribution is 2.22. The molecular formula is C11H14BF. The number of halogens is 1. The van der Waals surface area contributed by atoms with Gasteiger partial charge in [-0.05, 0) is 24.0 Å². The molecule has 0 heterocycles. The first-order valence-electron chi connectivity index (χ1n) is 4.52. The molecule has 13 heavy (non-hydrogen) atoms. The fourth-order valence-corrected chi connectivity index (χ4v) is 1.34. The van der Waals surface area contributed by atoms with E-state index in [4.69, 9.17) is 7.85 Å². The molecule has 0 saturated carbocycles. The number of alkyl halides is 1. The van der Waals surface area contributed by atoms with Crippen LogP contribution in [0.1, 0.15) is 42.5 Å². The second-order valence-electron chi connectivity index (χ2n) is 3.73. The molecule has 0 spiro atoms. The van der Waals surface area contributed by atoms with Gasteiger partial charge < -0.3 is 0 Å². The van der Waals surface area contributed by atoms with E-state index in [1.54, 1.807) is 6.07 Å². The first kappa shape index (κ1) is 10.3. The average molecular weight is 176 g/mol. The van der Waals surface area contributed by atoms with Crippen molar-refractivity contribution in [2.24, 2.45) is 0 Å². The van der Waals surface area contributed by atoms with Crippen LogP contribution in [0.2, 0.25) is 0 Å². The minimum Gasteiger partial charge on any atom is -0.253 e. The van der Waals surface area contributed by atoms with Gasteiger partial charge in [0.1, 0.15) is 7.85 Å². The van der Waals surface area contributed by atoms with Crippen LogP contribution in [-0.4, -0.2) is 7.85 Å². The van der Waals surface area contributed by atoms with Gasteiger partial charge in [-0.25, -0.2) is 0 Å². The van der Waals surface area contributed by atoms with Gasteiger partial charge in [0.25, 0.3) is 0 Å². The fraction of sp³-hybridized carbons (Fsp3) is 0.455. The first-order valence-corrected chi connectivity index (χ1v) is 4.52. The average Bonchev–Trinajstić information content (AvgIpc) is 2.03. The van der Waals surface area contributed by atoms with Gasteiger partial charge in [0, 0.05) is 0 Å². The molecule has 1 aromatic carbocycles. The van der Waals surface area contributed by atoms with Gasteiger partial charge in [-0.2, -0.15) is 0 Å². The van der Waals surface area contributed by atoms with Gasteiger partial charge in [-0.3, -0.25) is 4.39 Å². The minimum absolute atomic E-state index is 0.414. The number of aryl methyl sites for hydroxylation is 1. The number of hydrogen-bond acceptors (Lipinski definition) is 0. The van der Waals surface area contributed by atoms with Gasteiger partial charge in [0.15, 0.2) is 0 Å². The van der Waals surface area contributed by atoms with Crippen LogP contribution in [0.5, 0.6) is 0 Å². The molecule has 1 rings (SSSR count). The predicted octanol–water partition coefficient (Wildman–Crippen LogP) is 3.26. The molecule has 0 aromatic heterocycles. The molecule has 1 aromatic rings. The van der Waals surface area contributed by atoms with Crippen molar-refractivity contribution in [2.45, 2.75) is 32.8 Å². The van der Waals surface area contributed by atoms with E-state index in [-0.39, 0.29) is 0 Å². The van der Waals surface area contributed by atoms with Crippen LogP contribution < -0.4 is 0 Å². The summed E-state index contributed by atoms with van der Waals surface area (Å²) in [5, 5.41) is 0. The predicted molar refractivity (Wildman–Crippen MR) is 54.9 cm³/mol. The van der Waals surface area contributed by atoms with Crippen molar-refractivity contribution in [3.8, 4) is 0 Å². The molecule has 0 bridgehead atoms. The van der Waals surface area contributed by atoms with Crippen LogP contribution in [0, 0.1) is 6.92 Å². The minimum atomic E-state index is -1.36. The third-order valence-electron chi connectivity index (χ3n) is 2.11. The number of hydrogen-bond donors (Lipinski definition) is 0. The highest BCUT2D eigenvalue weighted by molar-refractivity contribution is 6.11. The monoisotopic (exact) mass is 176 g/mol. The molecule has 0 aliphatic carbocycles. The molecule has 1 unspecified atom stereocenters. The summed E-state index contributed by atoms with van der Waals surface area (Å²) in [4.78, 5) is 0. The third-order valence-corrected chi connectivity index (χ3v) is 2.11. The summed E-state index contributed by atoms with van der Waals surface area (Å²) in [6.07, 6.45) is -1.36. The molecular weight excluding hydrogens is 162 g/mol. The van der Waals surface area contributed by atoms with E-state index in [1.807, 2.05) is 13.0 Å². The molecule has 0 aliphatic rings. The standard InChI is InChI=1S/C11H14BF/c1-7(2)9-4-8(3)5-10(6-9)11(12)13/h4-7,11H,1-3H3. The zero-order valence-corrected chi connectivity index (χ0v) is 8.34. The smallest absolute Gasteiger partial charge is 0.123 e. The molecule has 0 amide bonds. The number of rotatable bonds is 2. The maximum atomic E-state index is 12.8. The topological polar surface area (TPSA) is 0 Å². The van der Waals surface area contributed by atoms with Gasteiger partial charge >= 0.3 is 0 Å². The molecule has 2 heteroatoms. The number of benzene rings is 1. The Balaban J connectivity index is 3.11. The van der Waals surface area contributed by atoms with Crippen LogP contribution >= 0.6 is 0 Å². The van der Waals surface area contributed by atoms with Crippen molar-refractivity contribution in [1.29, 1.82) is 0 Å². The van der Waals surface area contributed by atoms with Gasteiger partial charge in [-0.1, -0.05) is 37.6 Å². The van der Waals surface area contributed by atoms with Crippen molar-refractivity contribution < 1.29 is 4.39 Å². The Bertz CT molecular complexity index is 266. The highest BCUT2D eigenvalue weighted by atomic mass is 19.1. The van der Waals surface area contributed by atoms with Crippen molar-refractivity contribution in [3.05, 3.63) is 34.9 Å². The van der Waals surface area contributed by atoms with Crippen molar-refractivity contribution in [3.63, 3.8) is 0 Å². The summed E-state index contributed by atoms with van der Waals surface area (Å²) < 4.78 is 12.8. The second-order valence-corrected chi connectivity index (χ2v) is 3.73. The van der Waals surface area contributed by atoms with E-state index in [0.717, 1.165) is 11.1 Å². The highest BCUT2D eigenvalue weighted by Gasteiger charge is 2.06. The Labute approximate surface area is 80.6 Å². The lowest BCUT2D eigenvalue weighted by molar-refractivity contribution is 0.459. The van der Waals surface area contributed by atoms with E-state index < -0.39 is 6.07 Å². The van der Waals surface area contributed by atoms with Crippen LogP contribution in [-0.2, 0) is 0 Å². The molecule has 0 aliphatic heterocycles. The Morgan fingerprint density at radius 3 is 2.15 bits per heavy atom. The Kier molecular flexibility index (Phi) is 3.13. The summed E-state index contributed by atoms with van der Waals surface area (Å²) in [7, 11) is 5.18. The SMILES string of the molecule is [B]C(F)c1cc(C)cc(C(C)C)c1. The largest absolute Gasteiger partial charge is 0.253 e. The summed E-state index contributed by atoms with van der Waals surface area (Å²) in [6, 6.07) is 5.69. The Hall–Kier alpha value is -0.785. The molecule has 0 nitrogen and oxygen atoms in total. The maximum absolute atomic E-state index is 12.8. The van der Waals surface area contributed by atoms with Gasteiger partial charge in [-0.15, -0.1) is 0 Å². The molecule has 0 N–H and O–H groups in total. The normalized spacial score (nSPS) is 13.3. The van der Waals surface area contributed by atoms with E-state index in [1.165, 1.54) is 0 Å². The molecule has 2 radical (unpaired) electrons. The Morgan fingerprint density at radius 2 is 1.69 bits per heavy atom. The summed E-state index contributed by atoms with van der Waals surface area (Å²) in [5.41, 5.74) is 2.78. The van der Waals surface area contributed by atoms with Crippen molar-refractivity contribution in [2.75, 3.05) is 0 Å². The van der Waals surface area contributed by atoms with E-state index in [9.17, 15) is 4.39 Å². The summed E-state index contributed by atoms with van der Waals surface area (Å²) >= 11 is 0. The maximum Gasteiger partial charge on any atom is 0.123 e. The molecule has 0 fully saturated rings. The van der Waals surface area contributed by atoms with E-state index in [0.29, 0.717) is 11.5 Å². The quantitative estimate of drug-likeness (QED) is 0.606. The lowest BCUT2D eigenvalue weighted by Gasteiger charge is -2.11. The molecule has 0 saturated heterocycles. The van der Waals surface area contributed by atoms with Gasteiger partial charge in [0.2, 0.25) is 0 Å². The zero-order valence-electron chi connectivity index (χ0n) is 8.34. The van der Waals surface area contributed by atoms with Crippen LogP contribution in [0.15, 0.2) is 18.2 Å². The second kappa shape index (κ2) is 3.95. The first-order chi connectivity index (χ1) is 6.00. The van der Waals surface area contributed by atoms with E-state index in [2.05, 4.69) is 19.9 Å². The van der Waals surface area contributed by atoms with Crippen LogP contribution in [0.3, 0.4) is 0 Å². The van der Waals surface area contributed by atoms with E-state index >= 15 is 0 Å². The van der Waals surface area contributed by atoms with Crippen molar-refractivity contribution >= 4 is 7.85 Å². The Morgan fingerprint density at radius 1 is 1.15 bits per heavy atom. The summed E-state index contributed by atoms with van der Waals surface area (Å²) in [6.45, 7) is 6.13.